The molecule has 0 atom stereocenters. The van der Waals surface area contributed by atoms with Crippen molar-refractivity contribution in [2.24, 2.45) is 0 Å². The van der Waals surface area contributed by atoms with Crippen molar-refractivity contribution in [1.82, 2.24) is 25.7 Å². The van der Waals surface area contributed by atoms with Gasteiger partial charge in [0.25, 0.3) is 0 Å². The Labute approximate surface area is 266 Å². The minimum absolute atomic E-state index is 0. The minimum atomic E-state index is -0.101. The zero-order valence-corrected chi connectivity index (χ0v) is 26.5. The van der Waals surface area contributed by atoms with E-state index >= 15 is 0 Å². The molecule has 1 aliphatic heterocycles. The number of carbonyl (C=O) groups excluding carboxylic acids is 2. The van der Waals surface area contributed by atoms with Crippen LogP contribution in [0.4, 0.5) is 5.69 Å². The summed E-state index contributed by atoms with van der Waals surface area (Å²) in [6.45, 7) is 7.61. The Morgan fingerprint density at radius 2 is 1.51 bits per heavy atom. The van der Waals surface area contributed by atoms with Crippen LogP contribution in [-0.4, -0.2) is 59.6 Å². The molecule has 3 aromatic carbocycles. The number of aromatic nitrogens is 4. The van der Waals surface area contributed by atoms with E-state index in [0.29, 0.717) is 24.7 Å². The van der Waals surface area contributed by atoms with Crippen molar-refractivity contribution in [3.05, 3.63) is 95.3 Å². The van der Waals surface area contributed by atoms with Gasteiger partial charge in [0.15, 0.2) is 5.82 Å². The third-order valence-electron chi connectivity index (χ3n) is 6.45. The summed E-state index contributed by atoms with van der Waals surface area (Å²) in [6.07, 6.45) is 1.49. The van der Waals surface area contributed by atoms with Crippen molar-refractivity contribution in [2.45, 2.75) is 46.6 Å². The number of rotatable bonds is 8. The molecule has 45 heavy (non-hydrogen) atoms. The zero-order valence-electron chi connectivity index (χ0n) is 26.5. The Morgan fingerprint density at radius 3 is 2.13 bits per heavy atom. The van der Waals surface area contributed by atoms with Gasteiger partial charge in [-0.05, 0) is 68.3 Å². The Balaban J connectivity index is 0.000000298. The molecule has 0 fully saturated rings. The molecule has 1 aliphatic rings. The number of methoxy groups -OCH3 is 2. The lowest BCUT2D eigenvalue weighted by molar-refractivity contribution is -0.125. The lowest BCUT2D eigenvalue weighted by atomic mass is 10.0. The van der Waals surface area contributed by atoms with Gasteiger partial charge in [0.05, 0.1) is 19.3 Å². The highest BCUT2D eigenvalue weighted by Gasteiger charge is 2.21. The van der Waals surface area contributed by atoms with Gasteiger partial charge in [-0.25, -0.2) is 0 Å². The van der Waals surface area contributed by atoms with E-state index in [4.69, 9.17) is 9.47 Å². The predicted octanol–water partition coefficient (Wildman–Crippen LogP) is 5.39. The van der Waals surface area contributed by atoms with Crippen molar-refractivity contribution < 1.29 is 20.5 Å². The van der Waals surface area contributed by atoms with Crippen molar-refractivity contribution in [3.63, 3.8) is 0 Å². The van der Waals surface area contributed by atoms with Gasteiger partial charge in [-0.15, -0.1) is 20.4 Å². The van der Waals surface area contributed by atoms with Crippen molar-refractivity contribution in [2.75, 3.05) is 32.3 Å². The molecule has 4 aromatic rings. The molecule has 2 heterocycles. The molecule has 1 aromatic heterocycles. The summed E-state index contributed by atoms with van der Waals surface area (Å²) in [5.41, 5.74) is 4.43. The summed E-state index contributed by atoms with van der Waals surface area (Å²) in [7, 11) is 3.34. The standard InChI is InChI=1S/C21H20N2O2.C10H10N4O.C4H10O.H2/c1-2-22-20(24)13-14-21(25)23-15-18-9-4-3-7-16(18)11-12-17-8-5-6-10-19(17)23;1-7-11-13-10(14-12-7)8-3-5-9(15-2)6-4-8;1-3-4-5-2;/h3-10H,2,13-15H2,1H3,(H,22,24);3-6H,1-2H3;3-4H2,1-2H3;1H. The largest absolute Gasteiger partial charge is 0.497 e. The van der Waals surface area contributed by atoms with Crippen LogP contribution < -0.4 is 15.0 Å². The smallest absolute Gasteiger partial charge is 0.227 e. The van der Waals surface area contributed by atoms with E-state index in [-0.39, 0.29) is 26.1 Å². The fraction of sp³-hybridized carbons (Fsp3) is 0.314. The summed E-state index contributed by atoms with van der Waals surface area (Å²) in [6, 6.07) is 22.9. The van der Waals surface area contributed by atoms with Crippen LogP contribution in [0.15, 0.2) is 72.8 Å². The molecule has 10 heteroatoms. The first kappa shape index (κ1) is 34.4. The number of para-hydroxylation sites is 1. The van der Waals surface area contributed by atoms with Crippen molar-refractivity contribution in [1.29, 1.82) is 0 Å². The summed E-state index contributed by atoms with van der Waals surface area (Å²) < 4.78 is 9.74. The number of carbonyl (C=O) groups is 2. The summed E-state index contributed by atoms with van der Waals surface area (Å²) in [4.78, 5) is 26.3. The molecule has 0 bridgehead atoms. The minimum Gasteiger partial charge on any atom is -0.497 e. The molecule has 236 valence electrons. The monoisotopic (exact) mass is 610 g/mol. The fourth-order valence-electron chi connectivity index (χ4n) is 4.19. The molecule has 0 radical (unpaired) electrons. The van der Waals surface area contributed by atoms with E-state index < -0.39 is 0 Å². The lowest BCUT2D eigenvalue weighted by Gasteiger charge is -2.26. The second kappa shape index (κ2) is 18.5. The average Bonchev–Trinajstić information content (AvgIpc) is 3.06. The van der Waals surface area contributed by atoms with Crippen molar-refractivity contribution in [3.8, 4) is 29.0 Å². The van der Waals surface area contributed by atoms with Crippen LogP contribution in [0.3, 0.4) is 0 Å². The summed E-state index contributed by atoms with van der Waals surface area (Å²) in [5, 5.41) is 18.3. The van der Waals surface area contributed by atoms with Gasteiger partial charge in [0.1, 0.15) is 5.75 Å². The number of amides is 2. The summed E-state index contributed by atoms with van der Waals surface area (Å²) >= 11 is 0. The highest BCUT2D eigenvalue weighted by molar-refractivity contribution is 5.96. The molecule has 0 spiro atoms. The Hall–Kier alpha value is -5.14. The van der Waals surface area contributed by atoms with Crippen LogP contribution >= 0.6 is 0 Å². The molecule has 2 amide bonds. The molecule has 0 saturated carbocycles. The first-order chi connectivity index (χ1) is 21.9. The first-order valence-electron chi connectivity index (χ1n) is 14.8. The Bertz CT molecular complexity index is 1590. The summed E-state index contributed by atoms with van der Waals surface area (Å²) in [5.74, 6) is 8.07. The molecule has 0 aliphatic carbocycles. The van der Waals surface area contributed by atoms with Gasteiger partial charge < -0.3 is 19.7 Å². The van der Waals surface area contributed by atoms with Gasteiger partial charge >= 0.3 is 0 Å². The number of benzene rings is 3. The third-order valence-corrected chi connectivity index (χ3v) is 6.45. The average molecular weight is 611 g/mol. The van der Waals surface area contributed by atoms with E-state index in [1.807, 2.05) is 79.7 Å². The Kier molecular flexibility index (Phi) is 14.1. The molecule has 10 nitrogen and oxygen atoms in total. The number of anilines is 1. The zero-order chi connectivity index (χ0) is 32.4. The maximum absolute atomic E-state index is 12.8. The van der Waals surface area contributed by atoms with E-state index in [9.17, 15) is 9.59 Å². The van der Waals surface area contributed by atoms with Gasteiger partial charge in [0.2, 0.25) is 17.6 Å². The van der Waals surface area contributed by atoms with Crippen LogP contribution in [-0.2, 0) is 20.9 Å². The second-order valence-electron chi connectivity index (χ2n) is 9.85. The highest BCUT2D eigenvalue weighted by Crippen LogP contribution is 2.26. The predicted molar refractivity (Wildman–Crippen MR) is 177 cm³/mol. The maximum atomic E-state index is 12.8. The number of fused-ring (bicyclic) bond motifs is 2. The Morgan fingerprint density at radius 1 is 0.867 bits per heavy atom. The van der Waals surface area contributed by atoms with Crippen LogP contribution in [0.2, 0.25) is 0 Å². The van der Waals surface area contributed by atoms with E-state index in [2.05, 4.69) is 44.5 Å². The number of aryl methyl sites for hydroxylation is 1. The van der Waals surface area contributed by atoms with E-state index in [1.165, 1.54) is 0 Å². The van der Waals surface area contributed by atoms with Gasteiger partial charge in [0, 0.05) is 51.2 Å². The lowest BCUT2D eigenvalue weighted by Crippen LogP contribution is -2.33. The number of hydrogen-bond donors (Lipinski definition) is 1. The first-order valence-corrected chi connectivity index (χ1v) is 14.8. The normalized spacial score (nSPS) is 10.9. The quantitative estimate of drug-likeness (QED) is 0.264. The molecular formula is C35H42N6O4. The molecule has 1 N–H and O–H groups in total. The van der Waals surface area contributed by atoms with Crippen LogP contribution in [0, 0.1) is 18.8 Å². The number of nitrogens with zero attached hydrogens (tertiary/aromatic N) is 5. The fourth-order valence-corrected chi connectivity index (χ4v) is 4.19. The molecular weight excluding hydrogens is 568 g/mol. The second-order valence-corrected chi connectivity index (χ2v) is 9.85. The number of nitrogens with one attached hydrogen (secondary N) is 1. The number of ether oxygens (including phenoxy) is 2. The molecule has 0 unspecified atom stereocenters. The highest BCUT2D eigenvalue weighted by atomic mass is 16.5. The van der Waals surface area contributed by atoms with Crippen LogP contribution in [0.5, 0.6) is 5.75 Å². The van der Waals surface area contributed by atoms with Gasteiger partial charge in [-0.2, -0.15) is 0 Å². The number of hydrogen-bond acceptors (Lipinski definition) is 8. The van der Waals surface area contributed by atoms with Gasteiger partial charge in [-0.3, -0.25) is 9.59 Å². The SMILES string of the molecule is CCCOC.CCNC(=O)CCC(=O)N1Cc2ccccc2C#Cc2ccccc21.COc1ccc(-c2nnc(C)nn2)cc1.[HH]. The van der Waals surface area contributed by atoms with E-state index in [1.54, 1.807) is 26.0 Å². The third kappa shape index (κ3) is 10.8. The molecule has 0 saturated heterocycles. The van der Waals surface area contributed by atoms with Crippen LogP contribution in [0.25, 0.3) is 11.4 Å². The topological polar surface area (TPSA) is 119 Å². The maximum Gasteiger partial charge on any atom is 0.227 e. The van der Waals surface area contributed by atoms with Crippen LogP contribution in [0.1, 0.15) is 57.1 Å². The molecule has 5 rings (SSSR count). The van der Waals surface area contributed by atoms with Gasteiger partial charge in [-0.1, -0.05) is 49.1 Å². The van der Waals surface area contributed by atoms with Crippen molar-refractivity contribution >= 4 is 17.5 Å². The van der Waals surface area contributed by atoms with E-state index in [0.717, 1.165) is 46.7 Å².